The van der Waals surface area contributed by atoms with Gasteiger partial charge in [-0.15, -0.1) is 0 Å². The fourth-order valence-electron chi connectivity index (χ4n) is 2.73. The van der Waals surface area contributed by atoms with Crippen molar-refractivity contribution in [3.63, 3.8) is 0 Å². The highest BCUT2D eigenvalue weighted by molar-refractivity contribution is 7.98. The molecule has 0 atom stereocenters. The van der Waals surface area contributed by atoms with Crippen molar-refractivity contribution in [1.29, 1.82) is 0 Å². The second-order valence-corrected chi connectivity index (χ2v) is 6.32. The van der Waals surface area contributed by atoms with Gasteiger partial charge in [0.2, 0.25) is 0 Å². The third-order valence-electron chi connectivity index (χ3n) is 3.80. The van der Waals surface area contributed by atoms with Crippen molar-refractivity contribution in [2.45, 2.75) is 6.42 Å². The van der Waals surface area contributed by atoms with Crippen molar-refractivity contribution in [2.75, 3.05) is 23.9 Å². The summed E-state index contributed by atoms with van der Waals surface area (Å²) in [5.74, 6) is 1.08. The lowest BCUT2D eigenvalue weighted by molar-refractivity contribution is -0.127. The Hall–Kier alpha value is -2.45. The number of aromatic nitrogens is 2. The van der Waals surface area contributed by atoms with Crippen LogP contribution in [0, 0.1) is 0 Å². The molecule has 0 spiro atoms. The van der Waals surface area contributed by atoms with Crippen LogP contribution in [-0.2, 0) is 11.2 Å². The van der Waals surface area contributed by atoms with Gasteiger partial charge in [0.05, 0.1) is 17.8 Å². The van der Waals surface area contributed by atoms with Crippen molar-refractivity contribution >= 4 is 40.0 Å². The summed E-state index contributed by atoms with van der Waals surface area (Å²) >= 11 is 1.71. The van der Waals surface area contributed by atoms with Crippen LogP contribution in [0.25, 0.3) is 16.6 Å². The van der Waals surface area contributed by atoms with Crippen molar-refractivity contribution < 1.29 is 10.0 Å². The molecule has 4 N–H and O–H groups in total. The number of carbonyl (C=O) groups excluding carboxylic acids is 1. The van der Waals surface area contributed by atoms with Crippen molar-refractivity contribution in [2.24, 2.45) is 0 Å². The van der Waals surface area contributed by atoms with Crippen LogP contribution in [0.3, 0.4) is 0 Å². The van der Waals surface area contributed by atoms with Crippen molar-refractivity contribution in [1.82, 2.24) is 14.9 Å². The second kappa shape index (κ2) is 6.98. The van der Waals surface area contributed by atoms with Gasteiger partial charge in [0.1, 0.15) is 11.5 Å². The molecule has 0 aliphatic rings. The molecule has 24 heavy (non-hydrogen) atoms. The summed E-state index contributed by atoms with van der Waals surface area (Å²) < 4.78 is 1.90. The molecule has 2 heterocycles. The van der Waals surface area contributed by atoms with E-state index in [-0.39, 0.29) is 12.0 Å². The van der Waals surface area contributed by atoms with Gasteiger partial charge in [-0.05, 0) is 24.1 Å². The zero-order valence-corrected chi connectivity index (χ0v) is 13.9. The normalized spacial score (nSPS) is 11.1. The number of H-pyrrole nitrogens is 1. The number of hydroxylamine groups is 1. The lowest BCUT2D eigenvalue weighted by Crippen LogP contribution is -2.27. The molecule has 2 aromatic heterocycles. The van der Waals surface area contributed by atoms with Crippen LogP contribution < -0.4 is 16.2 Å². The molecule has 0 unspecified atom stereocenters. The number of para-hydroxylation sites is 1. The minimum absolute atomic E-state index is 0.0529. The van der Waals surface area contributed by atoms with E-state index >= 15 is 0 Å². The summed E-state index contributed by atoms with van der Waals surface area (Å²) in [6, 6.07) is 8.90. The van der Waals surface area contributed by atoms with E-state index < -0.39 is 5.91 Å². The molecular weight excluding hydrogens is 328 g/mol. The highest BCUT2D eigenvalue weighted by atomic mass is 32.2. The molecule has 3 aromatic rings. The lowest BCUT2D eigenvalue weighted by Gasteiger charge is -2.10. The van der Waals surface area contributed by atoms with E-state index in [4.69, 9.17) is 5.21 Å². The Morgan fingerprint density at radius 3 is 2.92 bits per heavy atom. The molecule has 0 aliphatic heterocycles. The maximum Gasteiger partial charge on any atom is 0.262 e. The number of thioether (sulfide) groups is 1. The molecule has 3 rings (SSSR count). The van der Waals surface area contributed by atoms with Gasteiger partial charge in [0.15, 0.2) is 5.43 Å². The summed E-state index contributed by atoms with van der Waals surface area (Å²) in [6.07, 6.45) is 2.78. The number of rotatable bonds is 6. The standard InChI is InChI=1S/C16H18N4O3S/c1-24-7-6-11-16(17-9-15(22)19-23)20-12-5-3-2-4-10(12)13(21)8-14(20)18-11/h2-5,8,17-18,23H,6-7,9H2,1H3,(H,19,22). The predicted octanol–water partition coefficient (Wildman–Crippen LogP) is 1.60. The number of anilines is 1. The van der Waals surface area contributed by atoms with Crippen LogP contribution in [-0.4, -0.2) is 39.1 Å². The van der Waals surface area contributed by atoms with Crippen LogP contribution in [0.15, 0.2) is 35.1 Å². The minimum atomic E-state index is -0.537. The predicted molar refractivity (Wildman–Crippen MR) is 96.0 cm³/mol. The Morgan fingerprint density at radius 2 is 2.17 bits per heavy atom. The van der Waals surface area contributed by atoms with Gasteiger partial charge in [-0.2, -0.15) is 11.8 Å². The molecule has 0 aliphatic carbocycles. The van der Waals surface area contributed by atoms with E-state index in [9.17, 15) is 9.59 Å². The Bertz CT molecular complexity index is 948. The molecule has 0 bridgehead atoms. The van der Waals surface area contributed by atoms with Gasteiger partial charge in [0.25, 0.3) is 5.91 Å². The van der Waals surface area contributed by atoms with Crippen molar-refractivity contribution in [3.8, 4) is 0 Å². The number of nitrogens with one attached hydrogen (secondary N) is 3. The lowest BCUT2D eigenvalue weighted by atomic mass is 10.2. The number of amides is 1. The molecule has 1 amide bonds. The summed E-state index contributed by atoms with van der Waals surface area (Å²) in [6.45, 7) is -0.0732. The zero-order chi connectivity index (χ0) is 17.1. The summed E-state index contributed by atoms with van der Waals surface area (Å²) in [5.41, 5.74) is 3.90. The Balaban J connectivity index is 2.20. The topological polar surface area (TPSA) is 98.6 Å². The highest BCUT2D eigenvalue weighted by Gasteiger charge is 2.15. The number of pyridine rings is 1. The summed E-state index contributed by atoms with van der Waals surface area (Å²) in [4.78, 5) is 26.9. The van der Waals surface area contributed by atoms with Gasteiger partial charge >= 0.3 is 0 Å². The van der Waals surface area contributed by atoms with Crippen LogP contribution in [0.4, 0.5) is 5.82 Å². The number of hydrogen-bond donors (Lipinski definition) is 4. The third-order valence-corrected chi connectivity index (χ3v) is 4.42. The van der Waals surface area contributed by atoms with E-state index in [1.165, 1.54) is 0 Å². The quantitative estimate of drug-likeness (QED) is 0.401. The average molecular weight is 346 g/mol. The van der Waals surface area contributed by atoms with Crippen LogP contribution in [0.5, 0.6) is 0 Å². The number of aryl methyl sites for hydroxylation is 1. The molecule has 7 nitrogen and oxygen atoms in total. The number of imidazole rings is 1. The van der Waals surface area contributed by atoms with E-state index in [1.807, 2.05) is 28.9 Å². The van der Waals surface area contributed by atoms with E-state index in [0.29, 0.717) is 11.0 Å². The number of fused-ring (bicyclic) bond motifs is 3. The fraction of sp³-hybridized carbons (Fsp3) is 0.250. The first kappa shape index (κ1) is 16.4. The SMILES string of the molecule is CSCCc1[nH]c2cc(=O)c3ccccc3n2c1NCC(=O)NO. The van der Waals surface area contributed by atoms with E-state index in [1.54, 1.807) is 29.4 Å². The van der Waals surface area contributed by atoms with Crippen LogP contribution in [0.2, 0.25) is 0 Å². The molecule has 0 saturated heterocycles. The van der Waals surface area contributed by atoms with Gasteiger partial charge < -0.3 is 10.3 Å². The van der Waals surface area contributed by atoms with E-state index in [0.717, 1.165) is 29.2 Å². The van der Waals surface area contributed by atoms with Crippen LogP contribution >= 0.6 is 11.8 Å². The molecule has 0 saturated carbocycles. The van der Waals surface area contributed by atoms with Gasteiger partial charge in [0, 0.05) is 17.9 Å². The molecule has 1 aromatic carbocycles. The number of carbonyl (C=O) groups is 1. The number of benzene rings is 1. The third kappa shape index (κ3) is 2.98. The highest BCUT2D eigenvalue weighted by Crippen LogP contribution is 2.23. The monoisotopic (exact) mass is 346 g/mol. The molecule has 0 fully saturated rings. The Labute approximate surface area is 142 Å². The van der Waals surface area contributed by atoms with E-state index in [2.05, 4.69) is 10.3 Å². The Morgan fingerprint density at radius 1 is 1.38 bits per heavy atom. The molecule has 8 heteroatoms. The first-order valence-electron chi connectivity index (χ1n) is 7.46. The summed E-state index contributed by atoms with van der Waals surface area (Å²) in [7, 11) is 0. The minimum Gasteiger partial charge on any atom is -0.361 e. The number of aromatic amines is 1. The first-order chi connectivity index (χ1) is 11.7. The Kier molecular flexibility index (Phi) is 4.77. The van der Waals surface area contributed by atoms with Crippen molar-refractivity contribution in [3.05, 3.63) is 46.2 Å². The summed E-state index contributed by atoms with van der Waals surface area (Å²) in [5, 5.41) is 12.4. The largest absolute Gasteiger partial charge is 0.361 e. The van der Waals surface area contributed by atoms with Gasteiger partial charge in [-0.25, -0.2) is 5.48 Å². The first-order valence-corrected chi connectivity index (χ1v) is 8.86. The second-order valence-electron chi connectivity index (χ2n) is 5.33. The maximum atomic E-state index is 12.3. The maximum absolute atomic E-state index is 12.3. The molecule has 126 valence electrons. The smallest absolute Gasteiger partial charge is 0.262 e. The van der Waals surface area contributed by atoms with Gasteiger partial charge in [-0.3, -0.25) is 19.2 Å². The average Bonchev–Trinajstić information content (AvgIpc) is 2.95. The number of nitrogens with zero attached hydrogens (tertiary/aromatic N) is 1. The van der Waals surface area contributed by atoms with Crippen LogP contribution in [0.1, 0.15) is 5.69 Å². The number of hydrogen-bond acceptors (Lipinski definition) is 5. The van der Waals surface area contributed by atoms with Gasteiger partial charge in [-0.1, -0.05) is 12.1 Å². The molecular formula is C16H18N4O3S. The zero-order valence-electron chi connectivity index (χ0n) is 13.1. The fourth-order valence-corrected chi connectivity index (χ4v) is 3.14. The molecule has 0 radical (unpaired) electrons.